The summed E-state index contributed by atoms with van der Waals surface area (Å²) >= 11 is 0. The third kappa shape index (κ3) is 2.64. The highest BCUT2D eigenvalue weighted by Gasteiger charge is 2.46. The van der Waals surface area contributed by atoms with Crippen LogP contribution in [-0.4, -0.2) is 47.3 Å². The van der Waals surface area contributed by atoms with Gasteiger partial charge in [-0.25, -0.2) is 9.78 Å². The van der Waals surface area contributed by atoms with Gasteiger partial charge in [-0.15, -0.1) is 0 Å². The van der Waals surface area contributed by atoms with E-state index < -0.39 is 5.60 Å². The van der Waals surface area contributed by atoms with E-state index >= 15 is 0 Å². The molecule has 3 rings (SSSR count). The number of aryl methyl sites for hydroxylation is 1. The SMILES string of the molecule is CN1c2ncccc2CCC12CCN(C(=O)OC(C)(C)C)C2. The topological polar surface area (TPSA) is 45.7 Å². The van der Waals surface area contributed by atoms with Gasteiger partial charge in [-0.05, 0) is 51.7 Å². The summed E-state index contributed by atoms with van der Waals surface area (Å²) in [5.74, 6) is 1.06. The Balaban J connectivity index is 1.76. The van der Waals surface area contributed by atoms with E-state index in [4.69, 9.17) is 4.74 Å². The molecule has 0 radical (unpaired) electrons. The number of hydrogen-bond acceptors (Lipinski definition) is 4. The van der Waals surface area contributed by atoms with Gasteiger partial charge in [0.25, 0.3) is 0 Å². The molecular weight excluding hydrogens is 278 g/mol. The number of carbonyl (C=O) groups excluding carboxylic acids is 1. The van der Waals surface area contributed by atoms with Gasteiger partial charge in [0.2, 0.25) is 0 Å². The number of hydrogen-bond donors (Lipinski definition) is 0. The Hall–Kier alpha value is -1.78. The maximum Gasteiger partial charge on any atom is 0.410 e. The molecule has 1 unspecified atom stereocenters. The van der Waals surface area contributed by atoms with Gasteiger partial charge in [-0.3, -0.25) is 0 Å². The van der Waals surface area contributed by atoms with Crippen LogP contribution in [0.4, 0.5) is 10.6 Å². The highest BCUT2D eigenvalue weighted by Crippen LogP contribution is 2.40. The van der Waals surface area contributed by atoms with Crippen molar-refractivity contribution in [3.05, 3.63) is 23.9 Å². The van der Waals surface area contributed by atoms with Crippen LogP contribution in [0.25, 0.3) is 0 Å². The number of pyridine rings is 1. The Morgan fingerprint density at radius 2 is 2.14 bits per heavy atom. The maximum absolute atomic E-state index is 12.3. The van der Waals surface area contributed by atoms with Gasteiger partial charge in [-0.1, -0.05) is 6.07 Å². The molecule has 2 aliphatic rings. The normalized spacial score (nSPS) is 24.5. The fraction of sp³-hybridized carbons (Fsp3) is 0.647. The summed E-state index contributed by atoms with van der Waals surface area (Å²) < 4.78 is 5.51. The molecule has 3 heterocycles. The molecule has 0 aliphatic carbocycles. The van der Waals surface area contributed by atoms with E-state index in [0.29, 0.717) is 6.54 Å². The van der Waals surface area contributed by atoms with Crippen molar-refractivity contribution in [2.75, 3.05) is 25.0 Å². The molecule has 0 N–H and O–H groups in total. The van der Waals surface area contributed by atoms with Crippen LogP contribution in [0.2, 0.25) is 0 Å². The summed E-state index contributed by atoms with van der Waals surface area (Å²) in [7, 11) is 2.10. The van der Waals surface area contributed by atoms with Gasteiger partial charge in [0.1, 0.15) is 11.4 Å². The molecule has 1 saturated heterocycles. The molecule has 0 aromatic carbocycles. The first-order valence-corrected chi connectivity index (χ1v) is 7.96. The maximum atomic E-state index is 12.3. The Morgan fingerprint density at radius 3 is 2.86 bits per heavy atom. The quantitative estimate of drug-likeness (QED) is 0.739. The van der Waals surface area contributed by atoms with Crippen molar-refractivity contribution in [2.45, 2.75) is 51.2 Å². The third-order valence-corrected chi connectivity index (χ3v) is 4.74. The van der Waals surface area contributed by atoms with Crippen LogP contribution in [0.15, 0.2) is 18.3 Å². The van der Waals surface area contributed by atoms with Gasteiger partial charge in [0.15, 0.2) is 0 Å². The number of ether oxygens (including phenoxy) is 1. The Kier molecular flexibility index (Phi) is 3.54. The molecule has 2 aliphatic heterocycles. The van der Waals surface area contributed by atoms with E-state index in [1.54, 1.807) is 0 Å². The number of carbonyl (C=O) groups is 1. The van der Waals surface area contributed by atoms with Crippen molar-refractivity contribution in [1.82, 2.24) is 9.88 Å². The van der Waals surface area contributed by atoms with E-state index in [1.807, 2.05) is 37.9 Å². The predicted molar refractivity (Wildman–Crippen MR) is 86.1 cm³/mol. The summed E-state index contributed by atoms with van der Waals surface area (Å²) in [4.78, 5) is 21.0. The molecular formula is C17H25N3O2. The van der Waals surface area contributed by atoms with E-state index in [0.717, 1.165) is 31.6 Å². The lowest BCUT2D eigenvalue weighted by Crippen LogP contribution is -2.52. The molecule has 22 heavy (non-hydrogen) atoms. The highest BCUT2D eigenvalue weighted by atomic mass is 16.6. The zero-order valence-electron chi connectivity index (χ0n) is 13.9. The van der Waals surface area contributed by atoms with Gasteiger partial charge >= 0.3 is 6.09 Å². The number of likely N-dealkylation sites (tertiary alicyclic amines) is 1. The van der Waals surface area contributed by atoms with Crippen LogP contribution in [0.1, 0.15) is 39.2 Å². The van der Waals surface area contributed by atoms with Crippen molar-refractivity contribution in [3.8, 4) is 0 Å². The summed E-state index contributed by atoms with van der Waals surface area (Å²) in [5, 5.41) is 0. The third-order valence-electron chi connectivity index (χ3n) is 4.74. The zero-order valence-corrected chi connectivity index (χ0v) is 13.9. The minimum atomic E-state index is -0.445. The average Bonchev–Trinajstić information content (AvgIpc) is 2.87. The standard InChI is InChI=1S/C17H25N3O2/c1-16(2,3)22-15(21)20-11-9-17(12-20)8-7-13-6-5-10-18-14(13)19(17)4/h5-6,10H,7-9,11-12H2,1-4H3. The number of fused-ring (bicyclic) bond motifs is 1. The zero-order chi connectivity index (χ0) is 16.0. The van der Waals surface area contributed by atoms with Crippen molar-refractivity contribution in [3.63, 3.8) is 0 Å². The lowest BCUT2D eigenvalue weighted by atomic mass is 9.85. The Labute approximate surface area is 132 Å². The molecule has 1 fully saturated rings. The molecule has 1 atom stereocenters. The summed E-state index contributed by atoms with van der Waals surface area (Å²) in [5.41, 5.74) is 0.851. The van der Waals surface area contributed by atoms with Crippen LogP contribution in [0, 0.1) is 0 Å². The molecule has 120 valence electrons. The van der Waals surface area contributed by atoms with Crippen LogP contribution in [-0.2, 0) is 11.2 Å². The Morgan fingerprint density at radius 1 is 1.36 bits per heavy atom. The second kappa shape index (κ2) is 5.14. The fourth-order valence-electron chi connectivity index (χ4n) is 3.50. The summed E-state index contributed by atoms with van der Waals surface area (Å²) in [6.45, 7) is 7.19. The molecule has 1 spiro atoms. The van der Waals surface area contributed by atoms with Crippen molar-refractivity contribution in [1.29, 1.82) is 0 Å². The van der Waals surface area contributed by atoms with E-state index in [9.17, 15) is 4.79 Å². The first kappa shape index (κ1) is 15.1. The van der Waals surface area contributed by atoms with Gasteiger partial charge in [0.05, 0.1) is 5.54 Å². The van der Waals surface area contributed by atoms with Gasteiger partial charge < -0.3 is 14.5 Å². The number of rotatable bonds is 0. The molecule has 1 aromatic rings. The summed E-state index contributed by atoms with van der Waals surface area (Å²) in [6, 6.07) is 4.14. The van der Waals surface area contributed by atoms with Crippen molar-refractivity contribution in [2.24, 2.45) is 0 Å². The Bertz CT molecular complexity index is 582. The van der Waals surface area contributed by atoms with Crippen molar-refractivity contribution < 1.29 is 9.53 Å². The number of likely N-dealkylation sites (N-methyl/N-ethyl adjacent to an activating group) is 1. The number of nitrogens with zero attached hydrogens (tertiary/aromatic N) is 3. The second-order valence-corrected chi connectivity index (χ2v) is 7.42. The number of aromatic nitrogens is 1. The van der Waals surface area contributed by atoms with Crippen molar-refractivity contribution >= 4 is 11.9 Å². The van der Waals surface area contributed by atoms with E-state index in [1.165, 1.54) is 5.56 Å². The predicted octanol–water partition coefficient (Wildman–Crippen LogP) is 2.84. The van der Waals surface area contributed by atoms with E-state index in [2.05, 4.69) is 23.0 Å². The average molecular weight is 303 g/mol. The fourth-order valence-corrected chi connectivity index (χ4v) is 3.50. The second-order valence-electron chi connectivity index (χ2n) is 7.42. The first-order valence-electron chi connectivity index (χ1n) is 7.96. The monoisotopic (exact) mass is 303 g/mol. The van der Waals surface area contributed by atoms with Crippen LogP contribution in [0.3, 0.4) is 0 Å². The molecule has 0 bridgehead atoms. The van der Waals surface area contributed by atoms with Crippen LogP contribution < -0.4 is 4.90 Å². The molecule has 1 amide bonds. The van der Waals surface area contributed by atoms with Gasteiger partial charge in [0, 0.05) is 26.3 Å². The largest absolute Gasteiger partial charge is 0.444 e. The van der Waals surface area contributed by atoms with E-state index in [-0.39, 0.29) is 11.6 Å². The minimum absolute atomic E-state index is 0.00173. The number of anilines is 1. The minimum Gasteiger partial charge on any atom is -0.444 e. The first-order chi connectivity index (χ1) is 10.3. The molecule has 5 nitrogen and oxygen atoms in total. The van der Waals surface area contributed by atoms with Crippen LogP contribution >= 0.6 is 0 Å². The lowest BCUT2D eigenvalue weighted by Gasteiger charge is -2.44. The smallest absolute Gasteiger partial charge is 0.410 e. The highest BCUT2D eigenvalue weighted by molar-refractivity contribution is 5.69. The van der Waals surface area contributed by atoms with Crippen LogP contribution in [0.5, 0.6) is 0 Å². The molecule has 5 heteroatoms. The van der Waals surface area contributed by atoms with Gasteiger partial charge in [-0.2, -0.15) is 0 Å². The molecule has 1 aromatic heterocycles. The lowest BCUT2D eigenvalue weighted by molar-refractivity contribution is 0.0283. The summed E-state index contributed by atoms with van der Waals surface area (Å²) in [6.07, 6.45) is 4.69. The number of amides is 1. The molecule has 0 saturated carbocycles.